The summed E-state index contributed by atoms with van der Waals surface area (Å²) in [7, 11) is 1.63. The Morgan fingerprint density at radius 3 is 2.85 bits per heavy atom. The number of carbonyl (C=O) groups excluding carboxylic acids is 1. The number of anilines is 1. The Morgan fingerprint density at radius 2 is 2.04 bits per heavy atom. The summed E-state index contributed by atoms with van der Waals surface area (Å²) < 4.78 is 11.5. The average Bonchev–Trinajstić information content (AvgIpc) is 3.09. The second kappa shape index (κ2) is 7.75. The standard InChI is InChI=1S/C20H19N3O3S/c1-25-16-8-7-14(9-17(16)26-11-13-5-3-2-4-6-13)19-15-10-21-23-20(15)22-18(24)12-27-19/h2-10,19H,11-12H2,1H3,(H2,21,22,23,24)/t19-/m1/s1. The molecule has 2 heterocycles. The Kier molecular flexibility index (Phi) is 5.02. The van der Waals surface area contributed by atoms with E-state index in [4.69, 9.17) is 9.47 Å². The number of H-pyrrole nitrogens is 1. The number of aromatic amines is 1. The molecule has 0 radical (unpaired) electrons. The van der Waals surface area contributed by atoms with Crippen molar-refractivity contribution in [3.05, 3.63) is 71.4 Å². The van der Waals surface area contributed by atoms with Crippen LogP contribution >= 0.6 is 11.8 Å². The number of methoxy groups -OCH3 is 1. The summed E-state index contributed by atoms with van der Waals surface area (Å²) in [5, 5.41) is 9.77. The molecule has 2 aromatic carbocycles. The molecule has 27 heavy (non-hydrogen) atoms. The van der Waals surface area contributed by atoms with Gasteiger partial charge in [0, 0.05) is 5.56 Å². The fourth-order valence-corrected chi connectivity index (χ4v) is 4.09. The second-order valence-corrected chi connectivity index (χ2v) is 7.22. The van der Waals surface area contributed by atoms with Gasteiger partial charge in [0.25, 0.3) is 0 Å². The van der Waals surface area contributed by atoms with E-state index in [-0.39, 0.29) is 11.2 Å². The number of thioether (sulfide) groups is 1. The summed E-state index contributed by atoms with van der Waals surface area (Å²) in [6, 6.07) is 15.9. The van der Waals surface area contributed by atoms with Gasteiger partial charge in [-0.1, -0.05) is 36.4 Å². The summed E-state index contributed by atoms with van der Waals surface area (Å²) in [6.07, 6.45) is 1.76. The molecule has 1 aromatic heterocycles. The number of benzene rings is 2. The molecular weight excluding hydrogens is 362 g/mol. The molecule has 0 saturated heterocycles. The summed E-state index contributed by atoms with van der Waals surface area (Å²) in [5.74, 6) is 2.34. The quantitative estimate of drug-likeness (QED) is 0.704. The lowest BCUT2D eigenvalue weighted by atomic mass is 10.1. The van der Waals surface area contributed by atoms with Gasteiger partial charge >= 0.3 is 0 Å². The molecule has 1 aliphatic rings. The van der Waals surface area contributed by atoms with Crippen molar-refractivity contribution in [2.45, 2.75) is 11.9 Å². The molecule has 2 N–H and O–H groups in total. The van der Waals surface area contributed by atoms with Gasteiger partial charge in [0.05, 0.1) is 24.3 Å². The van der Waals surface area contributed by atoms with Crippen molar-refractivity contribution in [1.29, 1.82) is 0 Å². The molecule has 1 atom stereocenters. The number of amides is 1. The number of ether oxygens (including phenoxy) is 2. The van der Waals surface area contributed by atoms with Crippen LogP contribution < -0.4 is 14.8 Å². The van der Waals surface area contributed by atoms with Crippen molar-refractivity contribution in [2.24, 2.45) is 0 Å². The highest BCUT2D eigenvalue weighted by atomic mass is 32.2. The fraction of sp³-hybridized carbons (Fsp3) is 0.200. The van der Waals surface area contributed by atoms with Crippen LogP contribution in [0.25, 0.3) is 0 Å². The van der Waals surface area contributed by atoms with E-state index in [0.29, 0.717) is 29.7 Å². The highest BCUT2D eigenvalue weighted by molar-refractivity contribution is 8.00. The first-order valence-corrected chi connectivity index (χ1v) is 9.59. The Hall–Kier alpha value is -2.93. The predicted octanol–water partition coefficient (Wildman–Crippen LogP) is 3.77. The fourth-order valence-electron chi connectivity index (χ4n) is 3.00. The van der Waals surface area contributed by atoms with Crippen molar-refractivity contribution < 1.29 is 14.3 Å². The molecule has 1 aliphatic heterocycles. The molecule has 4 rings (SSSR count). The van der Waals surface area contributed by atoms with Gasteiger partial charge < -0.3 is 14.8 Å². The Labute approximate surface area is 161 Å². The number of aromatic nitrogens is 2. The van der Waals surface area contributed by atoms with Gasteiger partial charge in [-0.3, -0.25) is 9.89 Å². The zero-order chi connectivity index (χ0) is 18.6. The van der Waals surface area contributed by atoms with E-state index in [0.717, 1.165) is 16.7 Å². The van der Waals surface area contributed by atoms with Crippen molar-refractivity contribution in [2.75, 3.05) is 18.2 Å². The highest BCUT2D eigenvalue weighted by Crippen LogP contribution is 2.43. The van der Waals surface area contributed by atoms with Crippen LogP contribution in [-0.2, 0) is 11.4 Å². The normalized spacial score (nSPS) is 16.2. The summed E-state index contributed by atoms with van der Waals surface area (Å²) >= 11 is 1.56. The smallest absolute Gasteiger partial charge is 0.235 e. The second-order valence-electron chi connectivity index (χ2n) is 6.12. The third-order valence-corrected chi connectivity index (χ3v) is 5.61. The van der Waals surface area contributed by atoms with Crippen LogP contribution in [-0.4, -0.2) is 29.0 Å². The molecule has 6 nitrogen and oxygen atoms in total. The van der Waals surface area contributed by atoms with Gasteiger partial charge in [0.2, 0.25) is 5.91 Å². The highest BCUT2D eigenvalue weighted by Gasteiger charge is 2.26. The van der Waals surface area contributed by atoms with E-state index >= 15 is 0 Å². The van der Waals surface area contributed by atoms with E-state index in [1.165, 1.54) is 0 Å². The molecule has 0 unspecified atom stereocenters. The summed E-state index contributed by atoms with van der Waals surface area (Å²) in [6.45, 7) is 0.454. The van der Waals surface area contributed by atoms with E-state index < -0.39 is 0 Å². The average molecular weight is 381 g/mol. The number of fused-ring (bicyclic) bond motifs is 1. The zero-order valence-corrected chi connectivity index (χ0v) is 15.6. The van der Waals surface area contributed by atoms with Crippen molar-refractivity contribution in [1.82, 2.24) is 10.2 Å². The number of hydrogen-bond donors (Lipinski definition) is 2. The molecule has 0 saturated carbocycles. The first-order valence-electron chi connectivity index (χ1n) is 8.54. The number of hydrogen-bond acceptors (Lipinski definition) is 5. The Morgan fingerprint density at radius 1 is 1.19 bits per heavy atom. The zero-order valence-electron chi connectivity index (χ0n) is 14.8. The summed E-state index contributed by atoms with van der Waals surface area (Å²) in [5.41, 5.74) is 3.06. The van der Waals surface area contributed by atoms with Crippen molar-refractivity contribution in [3.63, 3.8) is 0 Å². The molecule has 0 bridgehead atoms. The van der Waals surface area contributed by atoms with Crippen LogP contribution in [0.15, 0.2) is 54.7 Å². The van der Waals surface area contributed by atoms with E-state index in [9.17, 15) is 4.79 Å². The number of carbonyl (C=O) groups is 1. The van der Waals surface area contributed by atoms with Gasteiger partial charge in [-0.25, -0.2) is 0 Å². The number of rotatable bonds is 5. The molecule has 0 spiro atoms. The lowest BCUT2D eigenvalue weighted by Crippen LogP contribution is -2.12. The minimum Gasteiger partial charge on any atom is -0.493 e. The third kappa shape index (κ3) is 3.78. The van der Waals surface area contributed by atoms with Gasteiger partial charge in [0.15, 0.2) is 11.5 Å². The lowest BCUT2D eigenvalue weighted by Gasteiger charge is -2.17. The van der Waals surface area contributed by atoms with Crippen LogP contribution in [0.5, 0.6) is 11.5 Å². The van der Waals surface area contributed by atoms with Gasteiger partial charge in [-0.2, -0.15) is 5.10 Å². The van der Waals surface area contributed by atoms with Crippen LogP contribution in [0, 0.1) is 0 Å². The van der Waals surface area contributed by atoms with Crippen molar-refractivity contribution in [3.8, 4) is 11.5 Å². The first kappa shape index (κ1) is 17.5. The lowest BCUT2D eigenvalue weighted by molar-refractivity contribution is -0.113. The van der Waals surface area contributed by atoms with Crippen LogP contribution in [0.1, 0.15) is 21.9 Å². The molecule has 7 heteroatoms. The molecule has 0 fully saturated rings. The topological polar surface area (TPSA) is 76.2 Å². The minimum absolute atomic E-state index is 0.0253. The largest absolute Gasteiger partial charge is 0.493 e. The SMILES string of the molecule is COc1ccc([C@H]2SCC(=O)Nc3[nH]ncc32)cc1OCc1ccccc1. The molecule has 138 valence electrons. The molecule has 0 aliphatic carbocycles. The molecule has 3 aromatic rings. The molecule has 1 amide bonds. The van der Waals surface area contributed by atoms with Crippen molar-refractivity contribution >= 4 is 23.5 Å². The van der Waals surface area contributed by atoms with Crippen LogP contribution in [0.3, 0.4) is 0 Å². The van der Waals surface area contributed by atoms with Gasteiger partial charge in [0.1, 0.15) is 12.4 Å². The maximum atomic E-state index is 11.9. The van der Waals surface area contributed by atoms with E-state index in [1.807, 2.05) is 48.5 Å². The first-order chi connectivity index (χ1) is 13.2. The number of nitrogens with one attached hydrogen (secondary N) is 2. The number of nitrogens with zero attached hydrogens (tertiary/aromatic N) is 1. The minimum atomic E-state index is -0.0398. The maximum absolute atomic E-state index is 11.9. The third-order valence-electron chi connectivity index (χ3n) is 4.32. The van der Waals surface area contributed by atoms with E-state index in [1.54, 1.807) is 25.1 Å². The van der Waals surface area contributed by atoms with Gasteiger partial charge in [-0.15, -0.1) is 11.8 Å². The van der Waals surface area contributed by atoms with Gasteiger partial charge in [-0.05, 0) is 23.3 Å². The van der Waals surface area contributed by atoms with E-state index in [2.05, 4.69) is 15.5 Å². The Bertz CT molecular complexity index is 943. The van der Waals surface area contributed by atoms with Crippen LogP contribution in [0.2, 0.25) is 0 Å². The maximum Gasteiger partial charge on any atom is 0.235 e. The summed E-state index contributed by atoms with van der Waals surface area (Å²) in [4.78, 5) is 11.9. The predicted molar refractivity (Wildman–Crippen MR) is 105 cm³/mol. The Balaban J connectivity index is 1.63. The van der Waals surface area contributed by atoms with Crippen LogP contribution in [0.4, 0.5) is 5.82 Å². The monoisotopic (exact) mass is 381 g/mol. The molecular formula is C20H19N3O3S.